The molecule has 1 aliphatic carbocycles. The molecule has 0 aliphatic heterocycles. The molecule has 0 spiro atoms. The van der Waals surface area contributed by atoms with Gasteiger partial charge in [-0.2, -0.15) is 0 Å². The van der Waals surface area contributed by atoms with Gasteiger partial charge in [-0.1, -0.05) is 26.0 Å². The van der Waals surface area contributed by atoms with E-state index in [-0.39, 0.29) is 6.04 Å². The smallest absolute Gasteiger partial charge is 0.123 e. The predicted molar refractivity (Wildman–Crippen MR) is 71.3 cm³/mol. The maximum Gasteiger partial charge on any atom is 0.123 e. The van der Waals surface area contributed by atoms with Crippen molar-refractivity contribution in [2.45, 2.75) is 58.1 Å². The molecule has 0 amide bonds. The predicted octanol–water partition coefficient (Wildman–Crippen LogP) is 3.59. The lowest BCUT2D eigenvalue weighted by atomic mass is 9.87. The first kappa shape index (κ1) is 12.4. The third-order valence-corrected chi connectivity index (χ3v) is 3.71. The highest BCUT2D eigenvalue weighted by molar-refractivity contribution is 5.43. The summed E-state index contributed by atoms with van der Waals surface area (Å²) in [5, 5.41) is 0. The second kappa shape index (κ2) is 5.54. The van der Waals surface area contributed by atoms with Crippen molar-refractivity contribution in [3.05, 3.63) is 29.3 Å². The molecule has 0 saturated heterocycles. The molecule has 17 heavy (non-hydrogen) atoms. The summed E-state index contributed by atoms with van der Waals surface area (Å²) in [6, 6.07) is 6.51. The fourth-order valence-corrected chi connectivity index (χ4v) is 2.60. The first-order valence-corrected chi connectivity index (χ1v) is 6.80. The van der Waals surface area contributed by atoms with Gasteiger partial charge in [0.05, 0.1) is 6.10 Å². The topological polar surface area (TPSA) is 35.2 Å². The van der Waals surface area contributed by atoms with Crippen LogP contribution in [-0.4, -0.2) is 6.10 Å². The molecule has 0 aromatic heterocycles. The van der Waals surface area contributed by atoms with Gasteiger partial charge in [0, 0.05) is 6.04 Å². The number of fused-ring (bicyclic) bond motifs is 1. The molecule has 0 heterocycles. The normalized spacial score (nSPS) is 19.2. The summed E-state index contributed by atoms with van der Waals surface area (Å²) in [7, 11) is 0. The fourth-order valence-electron chi connectivity index (χ4n) is 2.60. The molecule has 1 aromatic carbocycles. The van der Waals surface area contributed by atoms with Crippen molar-refractivity contribution in [1.29, 1.82) is 0 Å². The van der Waals surface area contributed by atoms with E-state index in [0.717, 1.165) is 31.4 Å². The largest absolute Gasteiger partial charge is 0.490 e. The van der Waals surface area contributed by atoms with Crippen LogP contribution in [0, 0.1) is 0 Å². The summed E-state index contributed by atoms with van der Waals surface area (Å²) < 4.78 is 6.10. The van der Waals surface area contributed by atoms with Crippen molar-refractivity contribution >= 4 is 0 Å². The van der Waals surface area contributed by atoms with Crippen molar-refractivity contribution < 1.29 is 4.74 Å². The summed E-state index contributed by atoms with van der Waals surface area (Å²) in [6.07, 6.45) is 5.84. The Kier molecular flexibility index (Phi) is 4.06. The van der Waals surface area contributed by atoms with E-state index < -0.39 is 0 Å². The molecule has 0 radical (unpaired) electrons. The molecule has 1 atom stereocenters. The highest BCUT2D eigenvalue weighted by Gasteiger charge is 2.20. The molecule has 2 heteroatoms. The summed E-state index contributed by atoms with van der Waals surface area (Å²) in [6.45, 7) is 4.35. The van der Waals surface area contributed by atoms with Gasteiger partial charge in [0.25, 0.3) is 0 Å². The van der Waals surface area contributed by atoms with Crippen LogP contribution in [0.1, 0.15) is 56.7 Å². The average Bonchev–Trinajstić information content (AvgIpc) is 2.37. The zero-order valence-electron chi connectivity index (χ0n) is 10.9. The van der Waals surface area contributed by atoms with Crippen molar-refractivity contribution in [3.8, 4) is 5.75 Å². The van der Waals surface area contributed by atoms with Crippen LogP contribution in [0.5, 0.6) is 5.75 Å². The molecule has 1 unspecified atom stereocenters. The number of hydrogen-bond donors (Lipinski definition) is 1. The van der Waals surface area contributed by atoms with Crippen molar-refractivity contribution in [2.75, 3.05) is 0 Å². The number of hydrogen-bond acceptors (Lipinski definition) is 2. The minimum Gasteiger partial charge on any atom is -0.490 e. The second-order valence-electron chi connectivity index (χ2n) is 4.88. The molecular weight excluding hydrogens is 210 g/mol. The lowest BCUT2D eigenvalue weighted by Crippen LogP contribution is -2.20. The van der Waals surface area contributed by atoms with Crippen LogP contribution in [0.15, 0.2) is 18.2 Å². The highest BCUT2D eigenvalue weighted by atomic mass is 16.5. The lowest BCUT2D eigenvalue weighted by molar-refractivity contribution is 0.190. The number of nitrogens with two attached hydrogens (primary N) is 1. The van der Waals surface area contributed by atoms with E-state index in [2.05, 4.69) is 32.0 Å². The van der Waals surface area contributed by atoms with E-state index in [4.69, 9.17) is 10.5 Å². The van der Waals surface area contributed by atoms with E-state index in [1.54, 1.807) is 0 Å². The van der Waals surface area contributed by atoms with Crippen LogP contribution in [-0.2, 0) is 6.42 Å². The number of rotatable bonds is 4. The SMILES string of the molecule is CCC(CC)Oc1cccc2c1CCCC2N. The molecule has 0 bridgehead atoms. The summed E-state index contributed by atoms with van der Waals surface area (Å²) in [4.78, 5) is 0. The van der Waals surface area contributed by atoms with Gasteiger partial charge in [0.15, 0.2) is 0 Å². The maximum atomic E-state index is 6.16. The Morgan fingerprint density at radius 2 is 2.12 bits per heavy atom. The molecule has 0 saturated carbocycles. The third-order valence-electron chi connectivity index (χ3n) is 3.71. The van der Waals surface area contributed by atoms with Gasteiger partial charge in [-0.15, -0.1) is 0 Å². The average molecular weight is 233 g/mol. The van der Waals surface area contributed by atoms with Crippen LogP contribution in [0.4, 0.5) is 0 Å². The first-order valence-electron chi connectivity index (χ1n) is 6.80. The molecular formula is C15H23NO. The Morgan fingerprint density at radius 3 is 2.82 bits per heavy atom. The second-order valence-corrected chi connectivity index (χ2v) is 4.88. The van der Waals surface area contributed by atoms with Crippen LogP contribution >= 0.6 is 0 Å². The van der Waals surface area contributed by atoms with Gasteiger partial charge < -0.3 is 10.5 Å². The Bertz CT molecular complexity index is 371. The van der Waals surface area contributed by atoms with Gasteiger partial charge in [-0.3, -0.25) is 0 Å². The zero-order valence-corrected chi connectivity index (χ0v) is 10.9. The van der Waals surface area contributed by atoms with Gasteiger partial charge in [-0.05, 0) is 49.3 Å². The summed E-state index contributed by atoms with van der Waals surface area (Å²) in [5.74, 6) is 1.06. The zero-order chi connectivity index (χ0) is 12.3. The molecule has 2 nitrogen and oxygen atoms in total. The van der Waals surface area contributed by atoms with E-state index in [9.17, 15) is 0 Å². The van der Waals surface area contributed by atoms with Crippen LogP contribution in [0.25, 0.3) is 0 Å². The minimum absolute atomic E-state index is 0.198. The Balaban J connectivity index is 2.26. The number of ether oxygens (including phenoxy) is 1. The fraction of sp³-hybridized carbons (Fsp3) is 0.600. The molecule has 1 aromatic rings. The van der Waals surface area contributed by atoms with Gasteiger partial charge in [0.2, 0.25) is 0 Å². The quantitative estimate of drug-likeness (QED) is 0.862. The molecule has 2 rings (SSSR count). The molecule has 94 valence electrons. The van der Waals surface area contributed by atoms with E-state index >= 15 is 0 Å². The van der Waals surface area contributed by atoms with Crippen LogP contribution in [0.3, 0.4) is 0 Å². The van der Waals surface area contributed by atoms with Crippen molar-refractivity contribution in [2.24, 2.45) is 5.73 Å². The molecule has 1 aliphatic rings. The van der Waals surface area contributed by atoms with E-state index in [1.807, 2.05) is 0 Å². The van der Waals surface area contributed by atoms with Crippen molar-refractivity contribution in [3.63, 3.8) is 0 Å². The Labute approximate surface area is 104 Å². The lowest BCUT2D eigenvalue weighted by Gasteiger charge is -2.26. The van der Waals surface area contributed by atoms with Crippen LogP contribution in [0.2, 0.25) is 0 Å². The third kappa shape index (κ3) is 2.63. The van der Waals surface area contributed by atoms with E-state index in [0.29, 0.717) is 6.10 Å². The van der Waals surface area contributed by atoms with Crippen molar-refractivity contribution in [1.82, 2.24) is 0 Å². The first-order chi connectivity index (χ1) is 8.26. The minimum atomic E-state index is 0.198. The monoisotopic (exact) mass is 233 g/mol. The van der Waals surface area contributed by atoms with Gasteiger partial charge >= 0.3 is 0 Å². The van der Waals surface area contributed by atoms with Gasteiger partial charge in [0.1, 0.15) is 5.75 Å². The van der Waals surface area contributed by atoms with Gasteiger partial charge in [-0.25, -0.2) is 0 Å². The number of benzene rings is 1. The standard InChI is InChI=1S/C15H23NO/c1-3-11(4-2)17-15-10-6-7-12-13(15)8-5-9-14(12)16/h6-7,10-11,14H,3-5,8-9,16H2,1-2H3. The summed E-state index contributed by atoms with van der Waals surface area (Å²) in [5.41, 5.74) is 8.79. The Morgan fingerprint density at radius 1 is 1.35 bits per heavy atom. The molecule has 2 N–H and O–H groups in total. The van der Waals surface area contributed by atoms with Crippen LogP contribution < -0.4 is 10.5 Å². The van der Waals surface area contributed by atoms with E-state index in [1.165, 1.54) is 17.5 Å². The summed E-state index contributed by atoms with van der Waals surface area (Å²) >= 11 is 0. The maximum absolute atomic E-state index is 6.16. The molecule has 0 fully saturated rings. The Hall–Kier alpha value is -1.02. The highest BCUT2D eigenvalue weighted by Crippen LogP contribution is 2.34.